The molecule has 1 fully saturated rings. The molecule has 1 aliphatic rings. The fraction of sp³-hybridized carbons (Fsp3) is 0.556. The van der Waals surface area contributed by atoms with Crippen molar-refractivity contribution in [3.05, 3.63) is 27.1 Å². The van der Waals surface area contributed by atoms with E-state index in [0.29, 0.717) is 6.04 Å². The zero-order valence-corrected chi connectivity index (χ0v) is 8.55. The van der Waals surface area contributed by atoms with Gasteiger partial charge in [0.2, 0.25) is 0 Å². The molecule has 5 heteroatoms. The molecule has 1 saturated heterocycles. The Labute approximate surface area is 86.1 Å². The highest BCUT2D eigenvalue weighted by molar-refractivity contribution is 7.15. The van der Waals surface area contributed by atoms with Crippen molar-refractivity contribution < 1.29 is 4.92 Å². The van der Waals surface area contributed by atoms with Gasteiger partial charge in [0.05, 0.1) is 4.92 Å². The Morgan fingerprint density at radius 2 is 2.36 bits per heavy atom. The Morgan fingerprint density at radius 3 is 2.93 bits per heavy atom. The highest BCUT2D eigenvalue weighted by atomic mass is 32.1. The average molecular weight is 212 g/mol. The SMILES string of the molecule is O=[N+]([O-])c1ccc(C2CCCCN2)s1. The number of hydrogen-bond donors (Lipinski definition) is 1. The van der Waals surface area contributed by atoms with Crippen molar-refractivity contribution in [2.45, 2.75) is 25.3 Å². The average Bonchev–Trinajstić information content (AvgIpc) is 2.68. The molecule has 0 saturated carbocycles. The van der Waals surface area contributed by atoms with Crippen molar-refractivity contribution in [3.8, 4) is 0 Å². The second-order valence-corrected chi connectivity index (χ2v) is 4.53. The summed E-state index contributed by atoms with van der Waals surface area (Å²) in [6.07, 6.45) is 3.52. The summed E-state index contributed by atoms with van der Waals surface area (Å²) in [6.45, 7) is 1.02. The van der Waals surface area contributed by atoms with Crippen molar-refractivity contribution >= 4 is 16.3 Å². The van der Waals surface area contributed by atoms with Gasteiger partial charge in [0, 0.05) is 17.0 Å². The lowest BCUT2D eigenvalue weighted by Gasteiger charge is -2.21. The maximum absolute atomic E-state index is 10.5. The molecule has 1 aliphatic heterocycles. The molecule has 4 nitrogen and oxygen atoms in total. The molecule has 0 aromatic carbocycles. The zero-order valence-electron chi connectivity index (χ0n) is 7.73. The number of rotatable bonds is 2. The molecule has 14 heavy (non-hydrogen) atoms. The van der Waals surface area contributed by atoms with Crippen LogP contribution in [0, 0.1) is 10.1 Å². The molecule has 76 valence electrons. The summed E-state index contributed by atoms with van der Waals surface area (Å²) in [4.78, 5) is 11.3. The van der Waals surface area contributed by atoms with Gasteiger partial charge in [-0.3, -0.25) is 10.1 Å². The lowest BCUT2D eigenvalue weighted by molar-refractivity contribution is -0.380. The van der Waals surface area contributed by atoms with Crippen molar-refractivity contribution in [1.29, 1.82) is 0 Å². The molecule has 0 spiro atoms. The summed E-state index contributed by atoms with van der Waals surface area (Å²) in [5.41, 5.74) is 0. The standard InChI is InChI=1S/C9H12N2O2S/c12-11(13)9-5-4-8(14-9)7-3-1-2-6-10-7/h4-5,7,10H,1-3,6H2. The van der Waals surface area contributed by atoms with Crippen LogP contribution in [0.1, 0.15) is 30.2 Å². The lowest BCUT2D eigenvalue weighted by atomic mass is 10.0. The van der Waals surface area contributed by atoms with E-state index in [-0.39, 0.29) is 9.92 Å². The van der Waals surface area contributed by atoms with E-state index in [1.807, 2.05) is 6.07 Å². The number of hydrogen-bond acceptors (Lipinski definition) is 4. The summed E-state index contributed by atoms with van der Waals surface area (Å²) < 4.78 is 0. The highest BCUT2D eigenvalue weighted by Crippen LogP contribution is 2.32. The Hall–Kier alpha value is -0.940. The van der Waals surface area contributed by atoms with E-state index in [4.69, 9.17) is 0 Å². The van der Waals surface area contributed by atoms with Gasteiger partial charge >= 0.3 is 5.00 Å². The topological polar surface area (TPSA) is 55.2 Å². The van der Waals surface area contributed by atoms with Gasteiger partial charge in [0.1, 0.15) is 0 Å². The third-order valence-electron chi connectivity index (χ3n) is 2.45. The molecule has 1 unspecified atom stereocenters. The van der Waals surface area contributed by atoms with Gasteiger partial charge in [-0.05, 0) is 25.5 Å². The van der Waals surface area contributed by atoms with E-state index in [2.05, 4.69) is 5.32 Å². The van der Waals surface area contributed by atoms with E-state index in [9.17, 15) is 10.1 Å². The Bertz CT molecular complexity index is 331. The molecule has 0 amide bonds. The summed E-state index contributed by atoms with van der Waals surface area (Å²) in [5, 5.41) is 14.1. The summed E-state index contributed by atoms with van der Waals surface area (Å²) in [5.74, 6) is 0. The Balaban J connectivity index is 2.11. The number of nitrogens with zero attached hydrogens (tertiary/aromatic N) is 1. The van der Waals surface area contributed by atoms with E-state index < -0.39 is 0 Å². The van der Waals surface area contributed by atoms with E-state index in [1.165, 1.54) is 24.2 Å². The van der Waals surface area contributed by atoms with Crippen LogP contribution in [-0.4, -0.2) is 11.5 Å². The predicted molar refractivity (Wildman–Crippen MR) is 55.6 cm³/mol. The number of piperidine rings is 1. The molecule has 2 rings (SSSR count). The minimum Gasteiger partial charge on any atom is -0.309 e. The van der Waals surface area contributed by atoms with Crippen LogP contribution in [0.15, 0.2) is 12.1 Å². The molecular weight excluding hydrogens is 200 g/mol. The molecule has 0 radical (unpaired) electrons. The summed E-state index contributed by atoms with van der Waals surface area (Å²) in [7, 11) is 0. The molecule has 1 aromatic rings. The van der Waals surface area contributed by atoms with E-state index >= 15 is 0 Å². The van der Waals surface area contributed by atoms with Crippen molar-refractivity contribution in [2.24, 2.45) is 0 Å². The lowest BCUT2D eigenvalue weighted by Crippen LogP contribution is -2.25. The predicted octanol–water partition coefficient (Wildman–Crippen LogP) is 2.47. The largest absolute Gasteiger partial charge is 0.324 e. The van der Waals surface area contributed by atoms with Crippen LogP contribution < -0.4 is 5.32 Å². The number of nitro groups is 1. The number of thiophene rings is 1. The maximum atomic E-state index is 10.5. The van der Waals surface area contributed by atoms with Gasteiger partial charge in [-0.25, -0.2) is 0 Å². The quantitative estimate of drug-likeness (QED) is 0.605. The monoisotopic (exact) mass is 212 g/mol. The van der Waals surface area contributed by atoms with E-state index in [1.54, 1.807) is 6.07 Å². The Kier molecular flexibility index (Phi) is 2.79. The van der Waals surface area contributed by atoms with Crippen LogP contribution in [0.25, 0.3) is 0 Å². The van der Waals surface area contributed by atoms with Crippen LogP contribution in [0.4, 0.5) is 5.00 Å². The maximum Gasteiger partial charge on any atom is 0.324 e. The van der Waals surface area contributed by atoms with Crippen molar-refractivity contribution in [3.63, 3.8) is 0 Å². The number of nitrogens with one attached hydrogen (secondary N) is 1. The fourth-order valence-electron chi connectivity index (χ4n) is 1.72. The van der Waals surface area contributed by atoms with E-state index in [0.717, 1.165) is 17.8 Å². The second-order valence-electron chi connectivity index (χ2n) is 3.44. The molecule has 1 N–H and O–H groups in total. The van der Waals surface area contributed by atoms with Crippen molar-refractivity contribution in [2.75, 3.05) is 6.54 Å². The smallest absolute Gasteiger partial charge is 0.309 e. The van der Waals surface area contributed by atoms with Crippen LogP contribution in [-0.2, 0) is 0 Å². The second kappa shape index (κ2) is 4.06. The summed E-state index contributed by atoms with van der Waals surface area (Å²) in [6, 6.07) is 3.80. The normalized spacial score (nSPS) is 22.1. The first-order chi connectivity index (χ1) is 6.77. The first-order valence-electron chi connectivity index (χ1n) is 4.75. The first-order valence-corrected chi connectivity index (χ1v) is 5.56. The van der Waals surface area contributed by atoms with Crippen molar-refractivity contribution in [1.82, 2.24) is 5.32 Å². The molecular formula is C9H12N2O2S. The molecule has 0 aliphatic carbocycles. The first kappa shape index (κ1) is 9.61. The molecule has 2 heterocycles. The highest BCUT2D eigenvalue weighted by Gasteiger charge is 2.19. The van der Waals surface area contributed by atoms with Gasteiger partial charge < -0.3 is 5.32 Å². The van der Waals surface area contributed by atoms with Gasteiger partial charge in [0.15, 0.2) is 0 Å². The van der Waals surface area contributed by atoms with Crippen LogP contribution >= 0.6 is 11.3 Å². The zero-order chi connectivity index (χ0) is 9.97. The van der Waals surface area contributed by atoms with Gasteiger partial charge in [-0.2, -0.15) is 0 Å². The van der Waals surface area contributed by atoms with Gasteiger partial charge in [0.25, 0.3) is 0 Å². The fourth-order valence-corrected chi connectivity index (χ4v) is 2.65. The van der Waals surface area contributed by atoms with Gasteiger partial charge in [-0.1, -0.05) is 17.8 Å². The van der Waals surface area contributed by atoms with Gasteiger partial charge in [-0.15, -0.1) is 0 Å². The molecule has 1 atom stereocenters. The minimum atomic E-state index is -0.322. The van der Waals surface area contributed by atoms with Crippen LogP contribution in [0.3, 0.4) is 0 Å². The third kappa shape index (κ3) is 1.93. The third-order valence-corrected chi connectivity index (χ3v) is 3.60. The summed E-state index contributed by atoms with van der Waals surface area (Å²) >= 11 is 1.29. The Morgan fingerprint density at radius 1 is 1.50 bits per heavy atom. The van der Waals surface area contributed by atoms with Crippen LogP contribution in [0.2, 0.25) is 0 Å². The van der Waals surface area contributed by atoms with Crippen LogP contribution in [0.5, 0.6) is 0 Å². The minimum absolute atomic E-state index is 0.243. The molecule has 0 bridgehead atoms. The molecule has 1 aromatic heterocycles.